The molecule has 0 saturated heterocycles. The number of halogens is 2. The second-order valence-corrected chi connectivity index (χ2v) is 3.95. The van der Waals surface area contributed by atoms with Crippen LogP contribution in [0.1, 0.15) is 15.9 Å². The lowest BCUT2D eigenvalue weighted by molar-refractivity contribution is 0.0982. The lowest BCUT2D eigenvalue weighted by Crippen LogP contribution is -2.16. The van der Waals surface area contributed by atoms with Crippen LogP contribution in [0.25, 0.3) is 0 Å². The van der Waals surface area contributed by atoms with E-state index >= 15 is 0 Å². The number of carbonyl (C=O) groups is 1. The number of nitrogens with one attached hydrogen (secondary N) is 1. The SMILES string of the molecule is O=C(NBr)c1cccc(F)c1COc1ccn(O)n1. The quantitative estimate of drug-likeness (QED) is 0.663. The molecule has 19 heavy (non-hydrogen) atoms. The van der Waals surface area contributed by atoms with E-state index in [4.69, 9.17) is 9.94 Å². The Morgan fingerprint density at radius 2 is 2.32 bits per heavy atom. The third-order valence-corrected chi connectivity index (χ3v) is 2.73. The minimum Gasteiger partial charge on any atom is -0.472 e. The second kappa shape index (κ2) is 5.70. The van der Waals surface area contributed by atoms with Gasteiger partial charge in [-0.2, -0.15) is 0 Å². The molecule has 1 heterocycles. The molecule has 6 nitrogen and oxygen atoms in total. The van der Waals surface area contributed by atoms with Crippen molar-refractivity contribution in [1.82, 2.24) is 14.3 Å². The average Bonchev–Trinajstić information content (AvgIpc) is 2.82. The predicted molar refractivity (Wildman–Crippen MR) is 66.5 cm³/mol. The van der Waals surface area contributed by atoms with Crippen LogP contribution in [-0.4, -0.2) is 21.1 Å². The molecule has 1 aromatic heterocycles. The van der Waals surface area contributed by atoms with Gasteiger partial charge in [0.1, 0.15) is 12.4 Å². The van der Waals surface area contributed by atoms with E-state index in [9.17, 15) is 9.18 Å². The van der Waals surface area contributed by atoms with Crippen molar-refractivity contribution in [2.24, 2.45) is 0 Å². The molecular formula is C11H9BrFN3O3. The van der Waals surface area contributed by atoms with E-state index in [-0.39, 0.29) is 23.6 Å². The number of ether oxygens (including phenoxy) is 1. The molecule has 0 aliphatic carbocycles. The van der Waals surface area contributed by atoms with Crippen molar-refractivity contribution < 1.29 is 19.1 Å². The predicted octanol–water partition coefficient (Wildman–Crippen LogP) is 1.88. The van der Waals surface area contributed by atoms with Crippen LogP contribution in [0.15, 0.2) is 30.5 Å². The highest BCUT2D eigenvalue weighted by atomic mass is 79.9. The maximum Gasteiger partial charge on any atom is 0.261 e. The lowest BCUT2D eigenvalue weighted by Gasteiger charge is -2.09. The molecule has 1 aromatic carbocycles. The number of hydrogen-bond acceptors (Lipinski definition) is 4. The fourth-order valence-electron chi connectivity index (χ4n) is 1.49. The maximum atomic E-state index is 13.7. The topological polar surface area (TPSA) is 76.4 Å². The van der Waals surface area contributed by atoms with Gasteiger partial charge in [0.15, 0.2) is 0 Å². The Labute approximate surface area is 116 Å². The molecule has 0 aliphatic rings. The summed E-state index contributed by atoms with van der Waals surface area (Å²) >= 11 is 2.80. The molecule has 0 radical (unpaired) electrons. The van der Waals surface area contributed by atoms with E-state index in [1.165, 1.54) is 30.5 Å². The Morgan fingerprint density at radius 1 is 1.53 bits per heavy atom. The zero-order chi connectivity index (χ0) is 13.8. The maximum absolute atomic E-state index is 13.7. The van der Waals surface area contributed by atoms with Crippen molar-refractivity contribution in [1.29, 1.82) is 0 Å². The zero-order valence-corrected chi connectivity index (χ0v) is 11.1. The Bertz CT molecular complexity index is 603. The van der Waals surface area contributed by atoms with Crippen LogP contribution in [0.2, 0.25) is 0 Å². The molecule has 0 unspecified atom stereocenters. The van der Waals surface area contributed by atoms with Crippen molar-refractivity contribution >= 4 is 22.1 Å². The summed E-state index contributed by atoms with van der Waals surface area (Å²) in [6.45, 7) is -0.181. The smallest absolute Gasteiger partial charge is 0.261 e. The number of rotatable bonds is 4. The van der Waals surface area contributed by atoms with Gasteiger partial charge in [-0.3, -0.25) is 9.14 Å². The monoisotopic (exact) mass is 329 g/mol. The summed E-state index contributed by atoms with van der Waals surface area (Å²) in [5.41, 5.74) is 0.257. The summed E-state index contributed by atoms with van der Waals surface area (Å²) in [5, 5.41) is 12.5. The molecule has 0 aliphatic heterocycles. The van der Waals surface area contributed by atoms with Gasteiger partial charge < -0.3 is 9.94 Å². The molecule has 8 heteroatoms. The lowest BCUT2D eigenvalue weighted by atomic mass is 10.1. The number of hydrogen-bond donors (Lipinski definition) is 2. The number of aromatic nitrogens is 2. The molecule has 0 fully saturated rings. The molecule has 2 rings (SSSR count). The summed E-state index contributed by atoms with van der Waals surface area (Å²) in [6.07, 6.45) is 1.27. The van der Waals surface area contributed by atoms with E-state index in [0.717, 1.165) is 0 Å². The van der Waals surface area contributed by atoms with Gasteiger partial charge in [-0.1, -0.05) is 11.2 Å². The molecule has 100 valence electrons. The first-order chi connectivity index (χ1) is 9.11. The van der Waals surface area contributed by atoms with Gasteiger partial charge in [0, 0.05) is 33.3 Å². The van der Waals surface area contributed by atoms with Crippen LogP contribution in [0, 0.1) is 5.82 Å². The molecule has 0 saturated carbocycles. The first-order valence-electron chi connectivity index (χ1n) is 5.18. The summed E-state index contributed by atoms with van der Waals surface area (Å²) < 4.78 is 21.1. The molecule has 0 atom stereocenters. The van der Waals surface area contributed by atoms with Crippen LogP contribution in [0.4, 0.5) is 4.39 Å². The zero-order valence-electron chi connectivity index (χ0n) is 9.51. The van der Waals surface area contributed by atoms with Gasteiger partial charge in [-0.05, 0) is 12.1 Å². The Balaban J connectivity index is 2.21. The highest BCUT2D eigenvalue weighted by Crippen LogP contribution is 2.17. The summed E-state index contributed by atoms with van der Waals surface area (Å²) in [5.74, 6) is -0.918. The minimum atomic E-state index is -0.558. The van der Waals surface area contributed by atoms with Gasteiger partial charge in [-0.15, -0.1) is 4.85 Å². The number of benzene rings is 1. The fourth-order valence-corrected chi connectivity index (χ4v) is 1.70. The van der Waals surface area contributed by atoms with Gasteiger partial charge in [0.25, 0.3) is 5.91 Å². The van der Waals surface area contributed by atoms with E-state index in [2.05, 4.69) is 25.6 Å². The normalized spacial score (nSPS) is 10.2. The van der Waals surface area contributed by atoms with Crippen molar-refractivity contribution in [2.75, 3.05) is 0 Å². The first kappa shape index (κ1) is 13.3. The largest absolute Gasteiger partial charge is 0.472 e. The summed E-state index contributed by atoms with van der Waals surface area (Å²) in [6, 6.07) is 5.54. The van der Waals surface area contributed by atoms with Gasteiger partial charge in [0.05, 0.1) is 6.20 Å². The molecule has 2 aromatic rings. The molecule has 0 spiro atoms. The van der Waals surface area contributed by atoms with Crippen LogP contribution in [0.5, 0.6) is 5.88 Å². The first-order valence-corrected chi connectivity index (χ1v) is 5.97. The van der Waals surface area contributed by atoms with E-state index in [1.807, 2.05) is 0 Å². The highest BCUT2D eigenvalue weighted by Gasteiger charge is 2.15. The van der Waals surface area contributed by atoms with Crippen molar-refractivity contribution in [3.8, 4) is 5.88 Å². The minimum absolute atomic E-state index is 0.104. The molecule has 1 amide bonds. The van der Waals surface area contributed by atoms with Crippen molar-refractivity contribution in [3.63, 3.8) is 0 Å². The van der Waals surface area contributed by atoms with Gasteiger partial charge in [0.2, 0.25) is 5.88 Å². The molecule has 0 bridgehead atoms. The van der Waals surface area contributed by atoms with Crippen LogP contribution >= 0.6 is 16.1 Å². The van der Waals surface area contributed by atoms with E-state index in [0.29, 0.717) is 4.85 Å². The Morgan fingerprint density at radius 3 is 2.95 bits per heavy atom. The number of carbonyl (C=O) groups excluding carboxylic acids is 1. The Kier molecular flexibility index (Phi) is 4.00. The Hall–Kier alpha value is -2.09. The number of nitrogens with zero attached hydrogens (tertiary/aromatic N) is 2. The molecular weight excluding hydrogens is 321 g/mol. The standard InChI is InChI=1S/C11H9BrFN3O3/c12-14-11(17)7-2-1-3-9(13)8(7)6-19-10-4-5-16(18)15-10/h1-5,18H,6H2,(H,14,17). The average molecular weight is 330 g/mol. The third kappa shape index (κ3) is 3.02. The number of amides is 1. The summed E-state index contributed by atoms with van der Waals surface area (Å²) in [7, 11) is 0. The van der Waals surface area contributed by atoms with E-state index < -0.39 is 11.7 Å². The van der Waals surface area contributed by atoms with Crippen LogP contribution in [-0.2, 0) is 6.61 Å². The highest BCUT2D eigenvalue weighted by molar-refractivity contribution is 9.08. The summed E-state index contributed by atoms with van der Waals surface area (Å²) in [4.78, 5) is 12.1. The van der Waals surface area contributed by atoms with Gasteiger partial charge in [-0.25, -0.2) is 4.39 Å². The van der Waals surface area contributed by atoms with E-state index in [1.54, 1.807) is 0 Å². The molecule has 2 N–H and O–H groups in total. The third-order valence-electron chi connectivity index (χ3n) is 2.37. The fraction of sp³-hybridized carbons (Fsp3) is 0.0909. The van der Waals surface area contributed by atoms with Gasteiger partial charge >= 0.3 is 0 Å². The van der Waals surface area contributed by atoms with Crippen molar-refractivity contribution in [3.05, 3.63) is 47.4 Å². The second-order valence-electron chi connectivity index (χ2n) is 3.55. The van der Waals surface area contributed by atoms with Crippen molar-refractivity contribution in [2.45, 2.75) is 6.61 Å². The van der Waals surface area contributed by atoms with Crippen LogP contribution < -0.4 is 9.08 Å². The van der Waals surface area contributed by atoms with Crippen LogP contribution in [0.3, 0.4) is 0 Å².